The molecule has 2 aromatic heterocycles. The Labute approximate surface area is 208 Å². The van der Waals surface area contributed by atoms with Gasteiger partial charge in [-0.25, -0.2) is 17.8 Å². The van der Waals surface area contributed by atoms with Gasteiger partial charge in [-0.1, -0.05) is 39.0 Å². The van der Waals surface area contributed by atoms with Crippen LogP contribution in [-0.4, -0.2) is 29.4 Å². The minimum absolute atomic E-state index is 0.0719. The van der Waals surface area contributed by atoms with Crippen molar-refractivity contribution in [1.82, 2.24) is 14.3 Å². The van der Waals surface area contributed by atoms with Crippen LogP contribution in [0.25, 0.3) is 22.3 Å². The SMILES string of the molecule is CC(C)(C)Cn1cc(C(NS(=O)(=O)C2CC2)C(F)(F)F)c2cc(F)c(-c3ccccc3C(F)(F)F)nc21. The number of halogens is 7. The molecule has 0 amide bonds. The van der Waals surface area contributed by atoms with Gasteiger partial charge in [-0.2, -0.15) is 31.1 Å². The Morgan fingerprint density at radius 3 is 2.24 bits per heavy atom. The molecule has 1 aromatic carbocycles. The van der Waals surface area contributed by atoms with E-state index in [-0.39, 0.29) is 30.4 Å². The molecule has 1 unspecified atom stereocenters. The van der Waals surface area contributed by atoms with Crippen molar-refractivity contribution in [2.75, 3.05) is 0 Å². The lowest BCUT2D eigenvalue weighted by Crippen LogP contribution is -2.39. The number of pyridine rings is 1. The van der Waals surface area contributed by atoms with Gasteiger partial charge >= 0.3 is 12.4 Å². The van der Waals surface area contributed by atoms with Crippen molar-refractivity contribution in [1.29, 1.82) is 0 Å². The Bertz CT molecular complexity index is 1430. The zero-order chi connectivity index (χ0) is 27.6. The number of sulfonamides is 1. The molecule has 13 heteroatoms. The van der Waals surface area contributed by atoms with Gasteiger partial charge in [-0.3, -0.25) is 0 Å². The van der Waals surface area contributed by atoms with Gasteiger partial charge in [0, 0.05) is 29.3 Å². The Morgan fingerprint density at radius 1 is 1.08 bits per heavy atom. The minimum atomic E-state index is -5.08. The average Bonchev–Trinajstić information content (AvgIpc) is 3.55. The van der Waals surface area contributed by atoms with Crippen molar-refractivity contribution in [3.63, 3.8) is 0 Å². The highest BCUT2D eigenvalue weighted by Gasteiger charge is 2.48. The first-order valence-corrected chi connectivity index (χ1v) is 12.9. The molecule has 0 saturated heterocycles. The first-order chi connectivity index (χ1) is 16.9. The summed E-state index contributed by atoms with van der Waals surface area (Å²) in [5.74, 6) is -1.27. The van der Waals surface area contributed by atoms with Crippen LogP contribution in [0.15, 0.2) is 36.5 Å². The van der Waals surface area contributed by atoms with Gasteiger partial charge < -0.3 is 4.57 Å². The summed E-state index contributed by atoms with van der Waals surface area (Å²) >= 11 is 0. The minimum Gasteiger partial charge on any atom is -0.332 e. The normalized spacial score (nSPS) is 16.4. The second-order valence-corrected chi connectivity index (χ2v) is 12.3. The van der Waals surface area contributed by atoms with E-state index in [1.54, 1.807) is 25.5 Å². The third-order valence-electron chi connectivity index (χ3n) is 5.85. The summed E-state index contributed by atoms with van der Waals surface area (Å²) in [7, 11) is -4.31. The average molecular weight is 552 g/mol. The van der Waals surface area contributed by atoms with Crippen molar-refractivity contribution < 1.29 is 39.2 Å². The van der Waals surface area contributed by atoms with Crippen molar-refractivity contribution >= 4 is 21.1 Å². The lowest BCUT2D eigenvalue weighted by molar-refractivity contribution is -0.152. The summed E-state index contributed by atoms with van der Waals surface area (Å²) in [6, 6.07) is 2.16. The van der Waals surface area contributed by atoms with Crippen LogP contribution in [0.1, 0.15) is 50.8 Å². The van der Waals surface area contributed by atoms with Gasteiger partial charge in [-0.05, 0) is 30.4 Å². The third kappa shape index (κ3) is 5.77. The maximum absolute atomic E-state index is 15.3. The van der Waals surface area contributed by atoms with Crippen molar-refractivity contribution in [3.05, 3.63) is 53.5 Å². The van der Waals surface area contributed by atoms with Gasteiger partial charge in [-0.15, -0.1) is 0 Å². The van der Waals surface area contributed by atoms with E-state index < -0.39 is 67.3 Å². The fourth-order valence-electron chi connectivity index (χ4n) is 4.14. The van der Waals surface area contributed by atoms with Gasteiger partial charge in [0.2, 0.25) is 10.0 Å². The topological polar surface area (TPSA) is 64.0 Å². The van der Waals surface area contributed by atoms with Gasteiger partial charge in [0.05, 0.1) is 10.8 Å². The monoisotopic (exact) mass is 551 g/mol. The van der Waals surface area contributed by atoms with E-state index in [0.29, 0.717) is 6.07 Å². The fraction of sp³-hybridized carbons (Fsp3) is 0.458. The Kier molecular flexibility index (Phi) is 6.63. The summed E-state index contributed by atoms with van der Waals surface area (Å²) in [5.41, 5.74) is -3.70. The van der Waals surface area contributed by atoms with E-state index in [9.17, 15) is 34.8 Å². The van der Waals surface area contributed by atoms with Crippen LogP contribution in [-0.2, 0) is 22.7 Å². The van der Waals surface area contributed by atoms with E-state index in [4.69, 9.17) is 0 Å². The van der Waals surface area contributed by atoms with Crippen LogP contribution in [0.2, 0.25) is 0 Å². The highest BCUT2D eigenvalue weighted by Crippen LogP contribution is 2.42. The Balaban J connectivity index is 1.97. The third-order valence-corrected chi connectivity index (χ3v) is 7.76. The van der Waals surface area contributed by atoms with Crippen molar-refractivity contribution in [3.8, 4) is 11.3 Å². The molecule has 4 rings (SSSR count). The van der Waals surface area contributed by atoms with Crippen molar-refractivity contribution in [2.45, 2.75) is 63.8 Å². The summed E-state index contributed by atoms with van der Waals surface area (Å²) in [6.45, 7) is 5.40. The molecule has 0 aliphatic heterocycles. The number of alkyl halides is 6. The predicted molar refractivity (Wildman–Crippen MR) is 123 cm³/mol. The molecule has 37 heavy (non-hydrogen) atoms. The number of benzene rings is 1. The molecule has 2 heterocycles. The zero-order valence-corrected chi connectivity index (χ0v) is 20.8. The van der Waals surface area contributed by atoms with Gasteiger partial charge in [0.1, 0.15) is 23.2 Å². The summed E-state index contributed by atoms with van der Waals surface area (Å²) in [6.07, 6.45) is -8.43. The van der Waals surface area contributed by atoms with Crippen LogP contribution in [0, 0.1) is 11.2 Å². The summed E-state index contributed by atoms with van der Waals surface area (Å²) in [5, 5.41) is -1.29. The smallest absolute Gasteiger partial charge is 0.332 e. The molecule has 1 aliphatic carbocycles. The maximum Gasteiger partial charge on any atom is 0.417 e. The number of aromatic nitrogens is 2. The molecule has 1 N–H and O–H groups in total. The molecule has 0 spiro atoms. The summed E-state index contributed by atoms with van der Waals surface area (Å²) in [4.78, 5) is 4.08. The number of rotatable bonds is 6. The number of hydrogen-bond donors (Lipinski definition) is 1. The lowest BCUT2D eigenvalue weighted by atomic mass is 9.97. The fourth-order valence-corrected chi connectivity index (χ4v) is 5.68. The van der Waals surface area contributed by atoms with E-state index in [0.717, 1.165) is 24.4 Å². The molecular weight excluding hydrogens is 527 g/mol. The standard InChI is InChI=1S/C24H24F7N3O2S/c1-22(2,3)12-34-11-16(20(24(29,30)31)33-37(35,36)13-8-9-13)15-10-18(25)19(32-21(15)34)14-6-4-5-7-17(14)23(26,27)28/h4-7,10-11,13,20,33H,8-9,12H2,1-3H3. The molecule has 1 aliphatic rings. The van der Waals surface area contributed by atoms with Crippen LogP contribution >= 0.6 is 0 Å². The molecule has 1 fully saturated rings. The quantitative estimate of drug-likeness (QED) is 0.352. The first kappa shape index (κ1) is 27.4. The van der Waals surface area contributed by atoms with Crippen LogP contribution in [0.5, 0.6) is 0 Å². The highest BCUT2D eigenvalue weighted by molar-refractivity contribution is 7.90. The first-order valence-electron chi connectivity index (χ1n) is 11.3. The van der Waals surface area contributed by atoms with E-state index in [1.807, 2.05) is 0 Å². The van der Waals surface area contributed by atoms with E-state index in [2.05, 4.69) is 4.98 Å². The van der Waals surface area contributed by atoms with Crippen LogP contribution in [0.3, 0.4) is 0 Å². The molecule has 0 radical (unpaired) electrons. The van der Waals surface area contributed by atoms with Crippen molar-refractivity contribution in [2.24, 2.45) is 5.41 Å². The lowest BCUT2D eigenvalue weighted by Gasteiger charge is -2.21. The number of nitrogens with one attached hydrogen (secondary N) is 1. The van der Waals surface area contributed by atoms with Gasteiger partial charge in [0.25, 0.3) is 0 Å². The van der Waals surface area contributed by atoms with E-state index in [1.165, 1.54) is 10.6 Å². The second kappa shape index (κ2) is 8.97. The summed E-state index contributed by atoms with van der Waals surface area (Å²) < 4.78 is 126. The molecule has 5 nitrogen and oxygen atoms in total. The van der Waals surface area contributed by atoms with Crippen LogP contribution < -0.4 is 4.72 Å². The molecular formula is C24H24F7N3O2S. The molecule has 1 atom stereocenters. The largest absolute Gasteiger partial charge is 0.417 e. The maximum atomic E-state index is 15.3. The molecule has 202 valence electrons. The molecule has 3 aromatic rings. The highest BCUT2D eigenvalue weighted by atomic mass is 32.2. The number of fused-ring (bicyclic) bond motifs is 1. The van der Waals surface area contributed by atoms with Crippen LogP contribution in [0.4, 0.5) is 30.7 Å². The number of hydrogen-bond acceptors (Lipinski definition) is 3. The number of nitrogens with zero attached hydrogens (tertiary/aromatic N) is 2. The van der Waals surface area contributed by atoms with E-state index >= 15 is 4.39 Å². The predicted octanol–water partition coefficient (Wildman–Crippen LogP) is 6.59. The zero-order valence-electron chi connectivity index (χ0n) is 20.0. The second-order valence-electron chi connectivity index (χ2n) is 10.3. The Hall–Kier alpha value is -2.67. The molecule has 1 saturated carbocycles. The van der Waals surface area contributed by atoms with Gasteiger partial charge in [0.15, 0.2) is 0 Å². The molecule has 0 bridgehead atoms. The Morgan fingerprint density at radius 2 is 1.70 bits per heavy atom.